The average molecular weight is 355 g/mol. The second-order valence-corrected chi connectivity index (χ2v) is 6.63. The number of piperazine rings is 1. The number of benzene rings is 2. The van der Waals surface area contributed by atoms with Gasteiger partial charge in [-0.05, 0) is 16.7 Å². The van der Waals surface area contributed by atoms with Crippen molar-refractivity contribution in [2.45, 2.75) is 6.54 Å². The Morgan fingerprint density at radius 2 is 1.56 bits per heavy atom. The van der Waals surface area contributed by atoms with E-state index < -0.39 is 0 Å². The third-order valence-electron chi connectivity index (χ3n) is 4.95. The molecule has 5 nitrogen and oxygen atoms in total. The SMILES string of the molecule is N#Cc1nccnc1N1CCN(Cc2ccccc2-c2ccccc2)CC1. The molecule has 4 rings (SSSR count). The molecule has 0 amide bonds. The van der Waals surface area contributed by atoms with Gasteiger partial charge >= 0.3 is 0 Å². The van der Waals surface area contributed by atoms with E-state index in [1.165, 1.54) is 16.7 Å². The third kappa shape index (κ3) is 3.81. The van der Waals surface area contributed by atoms with Crippen molar-refractivity contribution in [1.82, 2.24) is 14.9 Å². The summed E-state index contributed by atoms with van der Waals surface area (Å²) < 4.78 is 0. The van der Waals surface area contributed by atoms with Crippen LogP contribution in [0.4, 0.5) is 5.82 Å². The lowest BCUT2D eigenvalue weighted by molar-refractivity contribution is 0.249. The molecule has 1 aromatic heterocycles. The number of aromatic nitrogens is 2. The number of anilines is 1. The van der Waals surface area contributed by atoms with Crippen molar-refractivity contribution in [1.29, 1.82) is 5.26 Å². The van der Waals surface area contributed by atoms with Gasteiger partial charge in [-0.15, -0.1) is 0 Å². The van der Waals surface area contributed by atoms with Crippen molar-refractivity contribution in [2.24, 2.45) is 0 Å². The maximum absolute atomic E-state index is 9.25. The summed E-state index contributed by atoms with van der Waals surface area (Å²) in [4.78, 5) is 13.1. The summed E-state index contributed by atoms with van der Waals surface area (Å²) in [5.41, 5.74) is 4.29. The summed E-state index contributed by atoms with van der Waals surface area (Å²) in [5.74, 6) is 0.698. The maximum atomic E-state index is 9.25. The van der Waals surface area contributed by atoms with Crippen LogP contribution in [0.2, 0.25) is 0 Å². The molecule has 5 heteroatoms. The Hall–Kier alpha value is -3.23. The van der Waals surface area contributed by atoms with Gasteiger partial charge in [0.2, 0.25) is 0 Å². The van der Waals surface area contributed by atoms with E-state index in [1.807, 2.05) is 6.07 Å². The third-order valence-corrected chi connectivity index (χ3v) is 4.95. The number of nitrogens with zero attached hydrogens (tertiary/aromatic N) is 5. The van der Waals surface area contributed by atoms with Crippen molar-refractivity contribution in [3.63, 3.8) is 0 Å². The first-order chi connectivity index (χ1) is 13.3. The number of hydrogen-bond donors (Lipinski definition) is 0. The van der Waals surface area contributed by atoms with Gasteiger partial charge in [0.25, 0.3) is 0 Å². The Labute approximate surface area is 159 Å². The van der Waals surface area contributed by atoms with Crippen LogP contribution < -0.4 is 4.90 Å². The maximum Gasteiger partial charge on any atom is 0.183 e. The molecule has 1 saturated heterocycles. The van der Waals surface area contributed by atoms with E-state index in [1.54, 1.807) is 12.4 Å². The van der Waals surface area contributed by atoms with Crippen molar-refractivity contribution in [2.75, 3.05) is 31.1 Å². The molecule has 134 valence electrons. The van der Waals surface area contributed by atoms with Crippen LogP contribution >= 0.6 is 0 Å². The molecule has 2 heterocycles. The standard InChI is InChI=1S/C22H21N5/c23-16-21-22(25-11-10-24-21)27-14-12-26(13-15-27)17-19-8-4-5-9-20(19)18-6-2-1-3-7-18/h1-11H,12-15,17H2. The molecule has 3 aromatic rings. The molecule has 0 bridgehead atoms. The van der Waals surface area contributed by atoms with Gasteiger partial charge in [-0.1, -0.05) is 54.6 Å². The van der Waals surface area contributed by atoms with Gasteiger partial charge in [0, 0.05) is 45.1 Å². The lowest BCUT2D eigenvalue weighted by Gasteiger charge is -2.35. The first-order valence-corrected chi connectivity index (χ1v) is 9.17. The molecule has 1 aliphatic heterocycles. The molecular weight excluding hydrogens is 334 g/mol. The molecule has 0 unspecified atom stereocenters. The molecule has 0 aliphatic carbocycles. The van der Waals surface area contributed by atoms with Crippen molar-refractivity contribution < 1.29 is 0 Å². The van der Waals surface area contributed by atoms with Gasteiger partial charge < -0.3 is 4.90 Å². The monoisotopic (exact) mass is 355 g/mol. The predicted octanol–water partition coefficient (Wildman–Crippen LogP) is 3.34. The zero-order valence-electron chi connectivity index (χ0n) is 15.1. The highest BCUT2D eigenvalue weighted by Crippen LogP contribution is 2.25. The highest BCUT2D eigenvalue weighted by Gasteiger charge is 2.21. The fourth-order valence-electron chi connectivity index (χ4n) is 3.56. The summed E-state index contributed by atoms with van der Waals surface area (Å²) in [5, 5.41) is 9.25. The normalized spacial score (nSPS) is 14.7. The minimum atomic E-state index is 0.403. The fourth-order valence-corrected chi connectivity index (χ4v) is 3.56. The smallest absolute Gasteiger partial charge is 0.183 e. The van der Waals surface area contributed by atoms with Crippen molar-refractivity contribution in [3.8, 4) is 17.2 Å². The van der Waals surface area contributed by atoms with E-state index >= 15 is 0 Å². The van der Waals surface area contributed by atoms with Crippen LogP contribution in [0.5, 0.6) is 0 Å². The average Bonchev–Trinajstić information content (AvgIpc) is 2.75. The van der Waals surface area contributed by atoms with Crippen molar-refractivity contribution >= 4 is 5.82 Å². The van der Waals surface area contributed by atoms with Crippen LogP contribution in [0.15, 0.2) is 67.0 Å². The van der Waals surface area contributed by atoms with Crippen LogP contribution in [-0.4, -0.2) is 41.0 Å². The summed E-state index contributed by atoms with van der Waals surface area (Å²) in [6.45, 7) is 4.49. The van der Waals surface area contributed by atoms with Gasteiger partial charge in [0.15, 0.2) is 11.5 Å². The molecule has 0 saturated carbocycles. The van der Waals surface area contributed by atoms with Crippen LogP contribution in [0.3, 0.4) is 0 Å². The van der Waals surface area contributed by atoms with Crippen molar-refractivity contribution in [3.05, 3.63) is 78.2 Å². The van der Waals surface area contributed by atoms with Crippen LogP contribution in [0.1, 0.15) is 11.3 Å². The largest absolute Gasteiger partial charge is 0.352 e. The Morgan fingerprint density at radius 1 is 0.852 bits per heavy atom. The zero-order chi connectivity index (χ0) is 18.5. The van der Waals surface area contributed by atoms with Gasteiger partial charge in [0.1, 0.15) is 6.07 Å². The predicted molar refractivity (Wildman–Crippen MR) is 106 cm³/mol. The highest BCUT2D eigenvalue weighted by atomic mass is 15.3. The summed E-state index contributed by atoms with van der Waals surface area (Å²) in [6.07, 6.45) is 3.22. The Morgan fingerprint density at radius 3 is 2.33 bits per heavy atom. The Bertz CT molecular complexity index is 940. The molecular formula is C22H21N5. The first kappa shape index (κ1) is 17.2. The van der Waals surface area contributed by atoms with E-state index in [2.05, 4.69) is 74.4 Å². The van der Waals surface area contributed by atoms with E-state index in [9.17, 15) is 5.26 Å². The van der Waals surface area contributed by atoms with Gasteiger partial charge in [0.05, 0.1) is 0 Å². The molecule has 0 atom stereocenters. The number of hydrogen-bond acceptors (Lipinski definition) is 5. The lowest BCUT2D eigenvalue weighted by atomic mass is 9.99. The number of nitriles is 1. The molecule has 0 N–H and O–H groups in total. The van der Waals surface area contributed by atoms with E-state index in [-0.39, 0.29) is 0 Å². The zero-order valence-corrected chi connectivity index (χ0v) is 15.1. The minimum absolute atomic E-state index is 0.403. The van der Waals surface area contributed by atoms with Gasteiger partial charge in [-0.2, -0.15) is 5.26 Å². The molecule has 27 heavy (non-hydrogen) atoms. The van der Waals surface area contributed by atoms with E-state index in [0.717, 1.165) is 32.7 Å². The minimum Gasteiger partial charge on any atom is -0.352 e. The van der Waals surface area contributed by atoms with Gasteiger partial charge in [-0.3, -0.25) is 4.90 Å². The molecule has 1 fully saturated rings. The second kappa shape index (κ2) is 7.98. The van der Waals surface area contributed by atoms with Gasteiger partial charge in [-0.25, -0.2) is 9.97 Å². The van der Waals surface area contributed by atoms with E-state index in [4.69, 9.17) is 0 Å². The molecule has 0 radical (unpaired) electrons. The molecule has 2 aromatic carbocycles. The van der Waals surface area contributed by atoms with E-state index in [0.29, 0.717) is 11.5 Å². The second-order valence-electron chi connectivity index (χ2n) is 6.63. The van der Waals surface area contributed by atoms with Crippen LogP contribution in [0.25, 0.3) is 11.1 Å². The molecule has 1 aliphatic rings. The summed E-state index contributed by atoms with van der Waals surface area (Å²) in [6, 6.07) is 21.3. The molecule has 0 spiro atoms. The topological polar surface area (TPSA) is 56.1 Å². The Balaban J connectivity index is 1.46. The van der Waals surface area contributed by atoms with Crippen LogP contribution in [-0.2, 0) is 6.54 Å². The van der Waals surface area contributed by atoms with Crippen LogP contribution in [0, 0.1) is 11.3 Å². The lowest BCUT2D eigenvalue weighted by Crippen LogP contribution is -2.46. The number of rotatable bonds is 4. The first-order valence-electron chi connectivity index (χ1n) is 9.17. The fraction of sp³-hybridized carbons (Fsp3) is 0.227. The highest BCUT2D eigenvalue weighted by molar-refractivity contribution is 5.67. The summed E-state index contributed by atoms with van der Waals surface area (Å²) >= 11 is 0. The summed E-state index contributed by atoms with van der Waals surface area (Å²) in [7, 11) is 0. The Kier molecular flexibility index (Phi) is 5.08. The quantitative estimate of drug-likeness (QED) is 0.718.